The Labute approximate surface area is 139 Å². The van der Waals surface area contributed by atoms with Crippen LogP contribution in [0.25, 0.3) is 0 Å². The Bertz CT molecular complexity index is 597. The first-order chi connectivity index (χ1) is 10.8. The maximum Gasteiger partial charge on any atom is 0.206 e. The molecule has 0 spiro atoms. The van der Waals surface area contributed by atoms with Gasteiger partial charge < -0.3 is 10.1 Å². The number of nitrogens with one attached hydrogen (secondary N) is 1. The topological polar surface area (TPSA) is 47.0 Å². The van der Waals surface area contributed by atoms with Gasteiger partial charge in [0, 0.05) is 11.8 Å². The van der Waals surface area contributed by atoms with E-state index in [0.29, 0.717) is 6.04 Å². The van der Waals surface area contributed by atoms with Crippen LogP contribution in [0.4, 0.5) is 5.13 Å². The molecule has 1 N–H and O–H groups in total. The van der Waals surface area contributed by atoms with Crippen molar-refractivity contribution in [2.45, 2.75) is 48.2 Å². The average Bonchev–Trinajstić information content (AvgIpc) is 3.01. The van der Waals surface area contributed by atoms with Gasteiger partial charge >= 0.3 is 0 Å². The van der Waals surface area contributed by atoms with Gasteiger partial charge in [0.2, 0.25) is 5.13 Å². The molecule has 22 heavy (non-hydrogen) atoms. The first-order valence-electron chi connectivity index (χ1n) is 7.69. The first kappa shape index (κ1) is 15.6. The van der Waals surface area contributed by atoms with E-state index >= 15 is 0 Å². The van der Waals surface area contributed by atoms with Gasteiger partial charge in [0.1, 0.15) is 5.75 Å². The van der Waals surface area contributed by atoms with Crippen LogP contribution >= 0.6 is 23.1 Å². The molecule has 118 valence electrons. The monoisotopic (exact) mass is 335 g/mol. The third-order valence-corrected chi connectivity index (χ3v) is 5.89. The molecule has 3 rings (SSSR count). The number of aromatic nitrogens is 2. The summed E-state index contributed by atoms with van der Waals surface area (Å²) >= 11 is 3.38. The van der Waals surface area contributed by atoms with Crippen molar-refractivity contribution in [3.05, 3.63) is 29.8 Å². The van der Waals surface area contributed by atoms with E-state index in [-0.39, 0.29) is 0 Å². The van der Waals surface area contributed by atoms with Crippen LogP contribution in [0.15, 0.2) is 28.6 Å². The van der Waals surface area contributed by atoms with Gasteiger partial charge in [-0.1, -0.05) is 54.5 Å². The van der Waals surface area contributed by atoms with E-state index in [1.54, 1.807) is 30.2 Å². The summed E-state index contributed by atoms with van der Waals surface area (Å²) in [7, 11) is 1.69. The lowest BCUT2D eigenvalue weighted by atomic mass is 9.96. The second kappa shape index (κ2) is 7.83. The Morgan fingerprint density at radius 1 is 1.27 bits per heavy atom. The van der Waals surface area contributed by atoms with E-state index in [1.807, 2.05) is 12.1 Å². The van der Waals surface area contributed by atoms with Gasteiger partial charge in [-0.2, -0.15) is 0 Å². The van der Waals surface area contributed by atoms with Crippen molar-refractivity contribution in [2.75, 3.05) is 12.4 Å². The lowest BCUT2D eigenvalue weighted by molar-refractivity contribution is 0.414. The van der Waals surface area contributed by atoms with Crippen molar-refractivity contribution < 1.29 is 4.74 Å². The summed E-state index contributed by atoms with van der Waals surface area (Å²) in [6, 6.07) is 8.74. The molecule has 1 saturated carbocycles. The molecule has 0 unspecified atom stereocenters. The highest BCUT2D eigenvalue weighted by molar-refractivity contribution is 8.00. The molecular weight excluding hydrogens is 314 g/mol. The summed E-state index contributed by atoms with van der Waals surface area (Å²) in [6.07, 6.45) is 6.54. The Balaban J connectivity index is 1.52. The van der Waals surface area contributed by atoms with E-state index in [9.17, 15) is 0 Å². The predicted octanol–water partition coefficient (Wildman–Crippen LogP) is 4.58. The number of thioether (sulfide) groups is 1. The largest absolute Gasteiger partial charge is 0.497 e. The van der Waals surface area contributed by atoms with Crippen LogP contribution in [-0.4, -0.2) is 23.3 Å². The Morgan fingerprint density at radius 2 is 2.14 bits per heavy atom. The lowest BCUT2D eigenvalue weighted by Crippen LogP contribution is -2.21. The zero-order chi connectivity index (χ0) is 15.2. The lowest BCUT2D eigenvalue weighted by Gasteiger charge is -2.21. The summed E-state index contributed by atoms with van der Waals surface area (Å²) in [5, 5.41) is 13.0. The minimum atomic E-state index is 0.581. The van der Waals surface area contributed by atoms with Crippen molar-refractivity contribution in [3.8, 4) is 5.75 Å². The molecule has 1 aliphatic rings. The van der Waals surface area contributed by atoms with E-state index in [2.05, 4.69) is 27.6 Å². The zero-order valence-electron chi connectivity index (χ0n) is 12.7. The van der Waals surface area contributed by atoms with Gasteiger partial charge in [0.15, 0.2) is 4.34 Å². The molecule has 4 nitrogen and oxygen atoms in total. The number of hydrogen-bond donors (Lipinski definition) is 1. The number of benzene rings is 1. The van der Waals surface area contributed by atoms with E-state index in [1.165, 1.54) is 37.7 Å². The van der Waals surface area contributed by atoms with Gasteiger partial charge in [-0.3, -0.25) is 0 Å². The van der Waals surface area contributed by atoms with Crippen LogP contribution in [0.1, 0.15) is 37.7 Å². The van der Waals surface area contributed by atoms with E-state index in [4.69, 9.17) is 4.74 Å². The van der Waals surface area contributed by atoms with Crippen LogP contribution < -0.4 is 10.1 Å². The SMILES string of the molecule is COc1cccc(CSc2nnc(NC3CCCCC3)s2)c1. The summed E-state index contributed by atoms with van der Waals surface area (Å²) in [6.45, 7) is 0. The number of methoxy groups -OCH3 is 1. The molecule has 0 radical (unpaired) electrons. The smallest absolute Gasteiger partial charge is 0.206 e. The van der Waals surface area contributed by atoms with Gasteiger partial charge in [0.25, 0.3) is 0 Å². The first-order valence-corrected chi connectivity index (χ1v) is 9.49. The molecule has 0 aliphatic heterocycles. The summed E-state index contributed by atoms with van der Waals surface area (Å²) < 4.78 is 6.27. The molecule has 0 atom stereocenters. The molecule has 1 aromatic heterocycles. The second-order valence-electron chi connectivity index (χ2n) is 5.49. The molecule has 1 aliphatic carbocycles. The minimum Gasteiger partial charge on any atom is -0.497 e. The van der Waals surface area contributed by atoms with Crippen molar-refractivity contribution in [3.63, 3.8) is 0 Å². The fourth-order valence-electron chi connectivity index (χ4n) is 2.66. The third kappa shape index (κ3) is 4.36. The van der Waals surface area contributed by atoms with Crippen molar-refractivity contribution in [2.24, 2.45) is 0 Å². The Kier molecular flexibility index (Phi) is 5.56. The highest BCUT2D eigenvalue weighted by Gasteiger charge is 2.15. The number of hydrogen-bond acceptors (Lipinski definition) is 6. The third-order valence-electron chi connectivity index (χ3n) is 3.84. The molecule has 1 fully saturated rings. The number of ether oxygens (including phenoxy) is 1. The molecule has 0 bridgehead atoms. The highest BCUT2D eigenvalue weighted by Crippen LogP contribution is 2.30. The number of nitrogens with zero attached hydrogens (tertiary/aromatic N) is 2. The fraction of sp³-hybridized carbons (Fsp3) is 0.500. The average molecular weight is 335 g/mol. The molecule has 1 heterocycles. The van der Waals surface area contributed by atoms with Crippen LogP contribution in [0.5, 0.6) is 5.75 Å². The van der Waals surface area contributed by atoms with Crippen LogP contribution in [-0.2, 0) is 5.75 Å². The zero-order valence-corrected chi connectivity index (χ0v) is 14.4. The van der Waals surface area contributed by atoms with Crippen LogP contribution in [0.3, 0.4) is 0 Å². The minimum absolute atomic E-state index is 0.581. The van der Waals surface area contributed by atoms with E-state index in [0.717, 1.165) is 21.0 Å². The van der Waals surface area contributed by atoms with E-state index < -0.39 is 0 Å². The highest BCUT2D eigenvalue weighted by atomic mass is 32.2. The van der Waals surface area contributed by atoms with Crippen molar-refractivity contribution >= 4 is 28.2 Å². The Hall–Kier alpha value is -1.27. The van der Waals surface area contributed by atoms with Crippen molar-refractivity contribution in [1.82, 2.24) is 10.2 Å². The molecule has 1 aromatic carbocycles. The fourth-order valence-corrected chi connectivity index (χ4v) is 4.43. The van der Waals surface area contributed by atoms with Gasteiger partial charge in [0.05, 0.1) is 7.11 Å². The maximum atomic E-state index is 5.25. The van der Waals surface area contributed by atoms with Crippen molar-refractivity contribution in [1.29, 1.82) is 0 Å². The van der Waals surface area contributed by atoms with Crippen LogP contribution in [0, 0.1) is 0 Å². The summed E-state index contributed by atoms with van der Waals surface area (Å²) in [4.78, 5) is 0. The number of anilines is 1. The molecule has 0 saturated heterocycles. The van der Waals surface area contributed by atoms with Gasteiger partial charge in [-0.05, 0) is 30.5 Å². The summed E-state index contributed by atoms with van der Waals surface area (Å²) in [5.74, 6) is 1.78. The van der Waals surface area contributed by atoms with Gasteiger partial charge in [-0.15, -0.1) is 10.2 Å². The number of rotatable bonds is 6. The second-order valence-corrected chi connectivity index (χ2v) is 7.69. The summed E-state index contributed by atoms with van der Waals surface area (Å²) in [5.41, 5.74) is 1.24. The standard InChI is InChI=1S/C16H21N3OS2/c1-20-14-9-5-6-12(10-14)11-21-16-19-18-15(22-16)17-13-7-3-2-4-8-13/h5-6,9-10,13H,2-4,7-8,11H2,1H3,(H,17,18). The Morgan fingerprint density at radius 3 is 2.95 bits per heavy atom. The molecule has 6 heteroatoms. The quantitative estimate of drug-likeness (QED) is 0.783. The molecule has 0 amide bonds. The van der Waals surface area contributed by atoms with Crippen LogP contribution in [0.2, 0.25) is 0 Å². The molecule has 2 aromatic rings. The van der Waals surface area contributed by atoms with Gasteiger partial charge in [-0.25, -0.2) is 0 Å². The molecular formula is C16H21N3OS2. The predicted molar refractivity (Wildman–Crippen MR) is 93.0 cm³/mol. The maximum absolute atomic E-state index is 5.25. The normalized spacial score (nSPS) is 15.7.